The van der Waals surface area contributed by atoms with Crippen molar-refractivity contribution >= 4 is 33.2 Å². The van der Waals surface area contributed by atoms with E-state index in [0.717, 1.165) is 21.5 Å². The van der Waals surface area contributed by atoms with Gasteiger partial charge in [-0.1, -0.05) is 29.8 Å². The van der Waals surface area contributed by atoms with E-state index in [2.05, 4.69) is 9.97 Å². The van der Waals surface area contributed by atoms with Gasteiger partial charge in [0.05, 0.1) is 15.7 Å². The van der Waals surface area contributed by atoms with E-state index < -0.39 is 0 Å². The molecule has 0 N–H and O–H groups in total. The summed E-state index contributed by atoms with van der Waals surface area (Å²) in [5, 5.41) is 0.577. The average Bonchev–Trinajstić information content (AvgIpc) is 3.05. The van der Waals surface area contributed by atoms with Crippen molar-refractivity contribution in [2.75, 3.05) is 0 Å². The van der Waals surface area contributed by atoms with Gasteiger partial charge < -0.3 is 0 Å². The molecule has 5 heteroatoms. The number of pyridine rings is 1. The zero-order valence-corrected chi connectivity index (χ0v) is 15.0. The molecule has 2 nitrogen and oxygen atoms in total. The highest BCUT2D eigenvalue weighted by atomic mass is 35.5. The Morgan fingerprint density at radius 2 is 2.00 bits per heavy atom. The van der Waals surface area contributed by atoms with Crippen molar-refractivity contribution in [3.63, 3.8) is 0 Å². The number of hydrogen-bond donors (Lipinski definition) is 0. The van der Waals surface area contributed by atoms with E-state index in [-0.39, 0.29) is 5.82 Å². The summed E-state index contributed by atoms with van der Waals surface area (Å²) in [6.07, 6.45) is 2.28. The Hall–Kier alpha value is -2.30. The third-order valence-corrected chi connectivity index (χ3v) is 5.13. The highest BCUT2D eigenvalue weighted by Crippen LogP contribution is 2.36. The van der Waals surface area contributed by atoms with E-state index in [1.807, 2.05) is 37.3 Å². The van der Waals surface area contributed by atoms with Crippen LogP contribution in [0.1, 0.15) is 16.8 Å². The molecule has 25 heavy (non-hydrogen) atoms. The van der Waals surface area contributed by atoms with Gasteiger partial charge >= 0.3 is 0 Å². The fraction of sp³-hybridized carbons (Fsp3) is 0.100. The van der Waals surface area contributed by atoms with Crippen LogP contribution in [-0.4, -0.2) is 9.97 Å². The van der Waals surface area contributed by atoms with Gasteiger partial charge in [0, 0.05) is 28.9 Å². The summed E-state index contributed by atoms with van der Waals surface area (Å²) in [5.41, 5.74) is 6.23. The molecule has 0 bridgehead atoms. The fourth-order valence-corrected chi connectivity index (χ4v) is 3.83. The Bertz CT molecular complexity index is 1060. The highest BCUT2D eigenvalue weighted by molar-refractivity contribution is 7.16. The molecular formula is C20H14ClFN2S. The minimum absolute atomic E-state index is 0.249. The molecule has 0 saturated carbocycles. The molecule has 0 spiro atoms. The van der Waals surface area contributed by atoms with E-state index in [4.69, 9.17) is 11.6 Å². The standard InChI is InChI=1S/C20H14ClFN2S/c1-12-5-6-13(10-23-12)7-15-9-17-20(24-11-25-17)18(19(15)22)14-3-2-4-16(21)8-14/h2-6,8-11H,7H2,1H3. The lowest BCUT2D eigenvalue weighted by Crippen LogP contribution is -1.98. The summed E-state index contributed by atoms with van der Waals surface area (Å²) >= 11 is 7.62. The first-order valence-electron chi connectivity index (χ1n) is 7.84. The molecule has 2 aromatic carbocycles. The second kappa shape index (κ2) is 6.54. The number of hydrogen-bond acceptors (Lipinski definition) is 3. The van der Waals surface area contributed by atoms with Crippen LogP contribution in [0.4, 0.5) is 4.39 Å². The van der Waals surface area contributed by atoms with Crippen LogP contribution in [0, 0.1) is 12.7 Å². The van der Waals surface area contributed by atoms with E-state index in [9.17, 15) is 0 Å². The number of rotatable bonds is 3. The third-order valence-electron chi connectivity index (χ3n) is 4.12. The number of thiazole rings is 1. The monoisotopic (exact) mass is 368 g/mol. The first-order chi connectivity index (χ1) is 12.1. The number of fused-ring (bicyclic) bond motifs is 1. The first kappa shape index (κ1) is 16.2. The van der Waals surface area contributed by atoms with E-state index in [1.54, 1.807) is 23.8 Å². The third kappa shape index (κ3) is 3.15. The molecule has 0 aliphatic heterocycles. The maximum Gasteiger partial charge on any atom is 0.136 e. The number of halogens is 2. The van der Waals surface area contributed by atoms with Gasteiger partial charge in [-0.15, -0.1) is 11.3 Å². The van der Waals surface area contributed by atoms with E-state index in [0.29, 0.717) is 28.1 Å². The fourth-order valence-electron chi connectivity index (χ4n) is 2.89. The predicted molar refractivity (Wildman–Crippen MR) is 102 cm³/mol. The summed E-state index contributed by atoms with van der Waals surface area (Å²) in [6.45, 7) is 1.94. The first-order valence-corrected chi connectivity index (χ1v) is 9.09. The Labute approximate surface area is 154 Å². The predicted octanol–water partition coefficient (Wildman–Crippen LogP) is 6.05. The molecule has 2 heterocycles. The van der Waals surface area contributed by atoms with Crippen molar-refractivity contribution in [2.24, 2.45) is 0 Å². The lowest BCUT2D eigenvalue weighted by atomic mass is 9.97. The van der Waals surface area contributed by atoms with Crippen LogP contribution in [0.15, 0.2) is 54.2 Å². The summed E-state index contributed by atoms with van der Waals surface area (Å²) in [7, 11) is 0. The number of aryl methyl sites for hydroxylation is 1. The SMILES string of the molecule is Cc1ccc(Cc2cc3scnc3c(-c3cccc(Cl)c3)c2F)cn1. The molecule has 0 aliphatic rings. The summed E-state index contributed by atoms with van der Waals surface area (Å²) in [6, 6.07) is 13.1. The van der Waals surface area contributed by atoms with Crippen molar-refractivity contribution in [3.8, 4) is 11.1 Å². The van der Waals surface area contributed by atoms with Crippen LogP contribution in [0.5, 0.6) is 0 Å². The Morgan fingerprint density at radius 1 is 1.12 bits per heavy atom. The van der Waals surface area contributed by atoms with Gasteiger partial charge in [-0.2, -0.15) is 0 Å². The van der Waals surface area contributed by atoms with Crippen LogP contribution in [0.25, 0.3) is 21.3 Å². The maximum atomic E-state index is 15.4. The maximum absolute atomic E-state index is 15.4. The summed E-state index contributed by atoms with van der Waals surface area (Å²) < 4.78 is 16.3. The molecule has 0 fully saturated rings. The van der Waals surface area contributed by atoms with Crippen LogP contribution in [0.3, 0.4) is 0 Å². The van der Waals surface area contributed by atoms with Gasteiger partial charge in [-0.05, 0) is 47.9 Å². The topological polar surface area (TPSA) is 25.8 Å². The molecule has 0 aliphatic carbocycles. The number of benzene rings is 2. The lowest BCUT2D eigenvalue weighted by Gasteiger charge is -2.11. The Kier molecular flexibility index (Phi) is 4.24. The second-order valence-electron chi connectivity index (χ2n) is 5.92. The van der Waals surface area contributed by atoms with E-state index >= 15 is 4.39 Å². The smallest absolute Gasteiger partial charge is 0.136 e. The van der Waals surface area contributed by atoms with Gasteiger partial charge in [0.15, 0.2) is 0 Å². The summed E-state index contributed by atoms with van der Waals surface area (Å²) in [5.74, 6) is -0.249. The minimum atomic E-state index is -0.249. The molecule has 0 amide bonds. The van der Waals surface area contributed by atoms with Gasteiger partial charge in [-0.3, -0.25) is 4.98 Å². The van der Waals surface area contributed by atoms with Crippen LogP contribution in [0.2, 0.25) is 5.02 Å². The van der Waals surface area contributed by atoms with Gasteiger partial charge in [-0.25, -0.2) is 9.37 Å². The van der Waals surface area contributed by atoms with Gasteiger partial charge in [0.2, 0.25) is 0 Å². The zero-order valence-electron chi connectivity index (χ0n) is 13.5. The molecule has 0 unspecified atom stereocenters. The van der Waals surface area contributed by atoms with Crippen LogP contribution in [-0.2, 0) is 6.42 Å². The van der Waals surface area contributed by atoms with Crippen LogP contribution >= 0.6 is 22.9 Å². The lowest BCUT2D eigenvalue weighted by molar-refractivity contribution is 0.619. The van der Waals surface area contributed by atoms with Crippen molar-refractivity contribution in [1.29, 1.82) is 0 Å². The summed E-state index contributed by atoms with van der Waals surface area (Å²) in [4.78, 5) is 8.67. The molecule has 2 aromatic heterocycles. The normalized spacial score (nSPS) is 11.2. The van der Waals surface area contributed by atoms with Gasteiger partial charge in [0.25, 0.3) is 0 Å². The average molecular weight is 369 g/mol. The molecular weight excluding hydrogens is 355 g/mol. The Balaban J connectivity index is 1.88. The largest absolute Gasteiger partial charge is 0.261 e. The van der Waals surface area contributed by atoms with Crippen molar-refractivity contribution in [1.82, 2.24) is 9.97 Å². The minimum Gasteiger partial charge on any atom is -0.261 e. The molecule has 0 atom stereocenters. The Morgan fingerprint density at radius 3 is 2.76 bits per heavy atom. The zero-order chi connectivity index (χ0) is 17.4. The highest BCUT2D eigenvalue weighted by Gasteiger charge is 2.17. The van der Waals surface area contributed by atoms with E-state index in [1.165, 1.54) is 11.3 Å². The molecule has 4 aromatic rings. The molecule has 0 radical (unpaired) electrons. The van der Waals surface area contributed by atoms with Crippen molar-refractivity contribution in [3.05, 3.63) is 81.8 Å². The molecule has 124 valence electrons. The van der Waals surface area contributed by atoms with Crippen LogP contribution < -0.4 is 0 Å². The molecule has 0 saturated heterocycles. The number of aromatic nitrogens is 2. The quantitative estimate of drug-likeness (QED) is 0.440. The molecule has 4 rings (SSSR count). The van der Waals surface area contributed by atoms with Crippen molar-refractivity contribution < 1.29 is 4.39 Å². The van der Waals surface area contributed by atoms with Crippen molar-refractivity contribution in [2.45, 2.75) is 13.3 Å². The second-order valence-corrected chi connectivity index (χ2v) is 7.24. The van der Waals surface area contributed by atoms with Gasteiger partial charge in [0.1, 0.15) is 5.82 Å². The number of nitrogens with zero attached hydrogens (tertiary/aromatic N) is 2.